The van der Waals surface area contributed by atoms with Gasteiger partial charge in [-0.1, -0.05) is 11.8 Å². The third-order valence-corrected chi connectivity index (χ3v) is 1.81. The van der Waals surface area contributed by atoms with E-state index in [0.717, 1.165) is 6.07 Å². The zero-order chi connectivity index (χ0) is 11.3. The first-order chi connectivity index (χ1) is 7.15. The molecule has 78 valence electrons. The molecule has 1 N–H and O–H groups in total. The first-order valence-electron chi connectivity index (χ1n) is 4.17. The first-order valence-corrected chi connectivity index (χ1v) is 4.71. The van der Waals surface area contributed by atoms with Crippen LogP contribution in [0.4, 0.5) is 5.69 Å². The summed E-state index contributed by atoms with van der Waals surface area (Å²) in [7, 11) is 0. The van der Waals surface area contributed by atoms with Crippen molar-refractivity contribution in [2.45, 2.75) is 6.42 Å². The Labute approximate surface area is 91.6 Å². The van der Waals surface area contributed by atoms with Crippen LogP contribution >= 0.6 is 11.6 Å². The Morgan fingerprint density at radius 1 is 1.53 bits per heavy atom. The highest BCUT2D eigenvalue weighted by Gasteiger charge is 2.12. The predicted molar refractivity (Wildman–Crippen MR) is 57.0 cm³/mol. The van der Waals surface area contributed by atoms with Crippen molar-refractivity contribution in [1.82, 2.24) is 0 Å². The van der Waals surface area contributed by atoms with Crippen molar-refractivity contribution >= 4 is 17.3 Å². The molecule has 0 unspecified atom stereocenters. The molecule has 0 saturated heterocycles. The summed E-state index contributed by atoms with van der Waals surface area (Å²) in [6, 6.07) is 3.84. The van der Waals surface area contributed by atoms with Crippen LogP contribution in [0.1, 0.15) is 12.0 Å². The highest BCUT2D eigenvalue weighted by atomic mass is 35.5. The summed E-state index contributed by atoms with van der Waals surface area (Å²) in [4.78, 5) is 10.0. The summed E-state index contributed by atoms with van der Waals surface area (Å²) in [6.45, 7) is 0. The molecule has 0 aromatic heterocycles. The smallest absolute Gasteiger partial charge is 0.288 e. The van der Waals surface area contributed by atoms with E-state index in [1.165, 1.54) is 12.1 Å². The fourth-order valence-corrected chi connectivity index (χ4v) is 1.08. The van der Waals surface area contributed by atoms with Crippen molar-refractivity contribution in [3.8, 4) is 17.6 Å². The third kappa shape index (κ3) is 3.15. The molecule has 0 saturated carbocycles. The Morgan fingerprint density at radius 2 is 2.27 bits per heavy atom. The molecule has 0 amide bonds. The molecule has 4 nitrogen and oxygen atoms in total. The lowest BCUT2D eigenvalue weighted by Gasteiger charge is -1.96. The third-order valence-electron chi connectivity index (χ3n) is 1.62. The molecule has 0 aliphatic carbocycles. The molecule has 0 aliphatic rings. The Balaban J connectivity index is 3.08. The van der Waals surface area contributed by atoms with Gasteiger partial charge in [-0.15, -0.1) is 11.6 Å². The largest absolute Gasteiger partial charge is 0.508 e. The lowest BCUT2D eigenvalue weighted by molar-refractivity contribution is -0.385. The van der Waals surface area contributed by atoms with Gasteiger partial charge in [0, 0.05) is 12.3 Å². The van der Waals surface area contributed by atoms with Gasteiger partial charge in [-0.05, 0) is 12.1 Å². The average molecular weight is 226 g/mol. The van der Waals surface area contributed by atoms with Crippen LogP contribution in [-0.4, -0.2) is 15.9 Å². The van der Waals surface area contributed by atoms with Crippen LogP contribution in [-0.2, 0) is 0 Å². The minimum absolute atomic E-state index is 0.149. The van der Waals surface area contributed by atoms with Gasteiger partial charge in [-0.3, -0.25) is 10.1 Å². The van der Waals surface area contributed by atoms with Crippen molar-refractivity contribution in [3.05, 3.63) is 33.9 Å². The van der Waals surface area contributed by atoms with Crippen LogP contribution in [0.25, 0.3) is 0 Å². The molecule has 0 atom stereocenters. The number of hydrogen-bond donors (Lipinski definition) is 1. The Bertz CT molecular complexity index is 434. The van der Waals surface area contributed by atoms with Crippen molar-refractivity contribution in [2.75, 3.05) is 5.88 Å². The number of nitro groups is 1. The van der Waals surface area contributed by atoms with E-state index in [4.69, 9.17) is 16.7 Å². The molecule has 0 bridgehead atoms. The molecule has 1 rings (SSSR count). The van der Waals surface area contributed by atoms with Gasteiger partial charge < -0.3 is 5.11 Å². The van der Waals surface area contributed by atoms with Crippen molar-refractivity contribution in [2.24, 2.45) is 0 Å². The van der Waals surface area contributed by atoms with E-state index in [9.17, 15) is 10.1 Å². The summed E-state index contributed by atoms with van der Waals surface area (Å²) in [5.41, 5.74) is 0.0833. The van der Waals surface area contributed by atoms with Gasteiger partial charge in [-0.25, -0.2) is 0 Å². The lowest BCUT2D eigenvalue weighted by atomic mass is 10.1. The summed E-state index contributed by atoms with van der Waals surface area (Å²) in [6.07, 6.45) is 0.472. The highest BCUT2D eigenvalue weighted by Crippen LogP contribution is 2.22. The Kier molecular flexibility index (Phi) is 3.95. The average Bonchev–Trinajstić information content (AvgIpc) is 2.20. The van der Waals surface area contributed by atoms with Gasteiger partial charge in [0.25, 0.3) is 5.69 Å². The maximum absolute atomic E-state index is 10.6. The fraction of sp³-hybridized carbons (Fsp3) is 0.200. The molecule has 0 aliphatic heterocycles. The van der Waals surface area contributed by atoms with E-state index in [1.54, 1.807) is 0 Å². The Hall–Kier alpha value is -1.73. The summed E-state index contributed by atoms with van der Waals surface area (Å²) < 4.78 is 0. The van der Waals surface area contributed by atoms with Crippen LogP contribution in [0.5, 0.6) is 5.75 Å². The standard InChI is InChI=1S/C10H8ClNO3/c11-6-2-1-3-8-4-5-9(13)7-10(8)12(14)15/h4-5,7,13H,2,6H2. The number of phenolic OH excluding ortho intramolecular Hbond substituents is 1. The Morgan fingerprint density at radius 3 is 2.87 bits per heavy atom. The van der Waals surface area contributed by atoms with E-state index < -0.39 is 4.92 Å². The van der Waals surface area contributed by atoms with Crippen LogP contribution < -0.4 is 0 Å². The molecule has 1 aromatic carbocycles. The molecule has 1 aromatic rings. The molecule has 5 heteroatoms. The number of benzene rings is 1. The van der Waals surface area contributed by atoms with Gasteiger partial charge >= 0.3 is 0 Å². The van der Waals surface area contributed by atoms with Crippen molar-refractivity contribution < 1.29 is 10.0 Å². The monoisotopic (exact) mass is 225 g/mol. The number of nitrogens with zero attached hydrogens (tertiary/aromatic N) is 1. The maximum atomic E-state index is 10.6. The predicted octanol–water partition coefficient (Wildman–Crippen LogP) is 2.28. The normalized spacial score (nSPS) is 9.13. The van der Waals surface area contributed by atoms with Gasteiger partial charge in [0.15, 0.2) is 0 Å². The van der Waals surface area contributed by atoms with E-state index in [0.29, 0.717) is 12.3 Å². The second-order valence-electron chi connectivity index (χ2n) is 2.70. The second kappa shape index (κ2) is 5.23. The zero-order valence-corrected chi connectivity index (χ0v) is 8.49. The molecular formula is C10H8ClNO3. The van der Waals surface area contributed by atoms with Gasteiger partial charge in [0.1, 0.15) is 11.3 Å². The summed E-state index contributed by atoms with van der Waals surface area (Å²) in [5.74, 6) is 5.57. The van der Waals surface area contributed by atoms with E-state index in [2.05, 4.69) is 11.8 Å². The first kappa shape index (κ1) is 11.3. The molecule has 0 heterocycles. The fourth-order valence-electron chi connectivity index (χ4n) is 0.982. The summed E-state index contributed by atoms with van der Waals surface area (Å²) in [5, 5.41) is 19.7. The minimum Gasteiger partial charge on any atom is -0.508 e. The molecule has 15 heavy (non-hydrogen) atoms. The van der Waals surface area contributed by atoms with Crippen molar-refractivity contribution in [1.29, 1.82) is 0 Å². The maximum Gasteiger partial charge on any atom is 0.288 e. The number of halogens is 1. The quantitative estimate of drug-likeness (QED) is 0.364. The van der Waals surface area contributed by atoms with Crippen LogP contribution in [0.2, 0.25) is 0 Å². The molecule has 0 spiro atoms. The number of nitro benzene ring substituents is 1. The number of phenols is 1. The second-order valence-corrected chi connectivity index (χ2v) is 3.08. The lowest BCUT2D eigenvalue weighted by Crippen LogP contribution is -1.91. The van der Waals surface area contributed by atoms with E-state index in [1.807, 2.05) is 0 Å². The molecule has 0 radical (unpaired) electrons. The topological polar surface area (TPSA) is 63.4 Å². The van der Waals surface area contributed by atoms with Gasteiger partial charge in [-0.2, -0.15) is 0 Å². The number of alkyl halides is 1. The van der Waals surface area contributed by atoms with Gasteiger partial charge in [0.05, 0.1) is 11.0 Å². The SMILES string of the molecule is O=[N+]([O-])c1cc(O)ccc1C#CCCCl. The molecular weight excluding hydrogens is 218 g/mol. The van der Waals surface area contributed by atoms with E-state index >= 15 is 0 Å². The van der Waals surface area contributed by atoms with E-state index in [-0.39, 0.29) is 17.0 Å². The van der Waals surface area contributed by atoms with Gasteiger partial charge in [0.2, 0.25) is 0 Å². The number of aromatic hydroxyl groups is 1. The van der Waals surface area contributed by atoms with Crippen molar-refractivity contribution in [3.63, 3.8) is 0 Å². The molecule has 0 fully saturated rings. The van der Waals surface area contributed by atoms with Crippen LogP contribution in [0.15, 0.2) is 18.2 Å². The summed E-state index contributed by atoms with van der Waals surface area (Å²) >= 11 is 5.42. The zero-order valence-electron chi connectivity index (χ0n) is 7.74. The highest BCUT2D eigenvalue weighted by molar-refractivity contribution is 6.18. The minimum atomic E-state index is -0.579. The number of rotatable bonds is 2. The number of hydrogen-bond acceptors (Lipinski definition) is 3. The van der Waals surface area contributed by atoms with Crippen LogP contribution in [0, 0.1) is 22.0 Å². The van der Waals surface area contributed by atoms with Crippen LogP contribution in [0.3, 0.4) is 0 Å².